The van der Waals surface area contributed by atoms with Crippen LogP contribution in [0.15, 0.2) is 18.3 Å². The summed E-state index contributed by atoms with van der Waals surface area (Å²) in [6.07, 6.45) is -3.56. The van der Waals surface area contributed by atoms with Gasteiger partial charge in [0.1, 0.15) is 17.2 Å². The van der Waals surface area contributed by atoms with Crippen molar-refractivity contribution in [2.45, 2.75) is 13.3 Å². The van der Waals surface area contributed by atoms with E-state index in [1.807, 2.05) is 0 Å². The van der Waals surface area contributed by atoms with E-state index in [-0.39, 0.29) is 5.75 Å². The quantitative estimate of drug-likeness (QED) is 0.817. The zero-order valence-electron chi connectivity index (χ0n) is 8.25. The van der Waals surface area contributed by atoms with Crippen LogP contribution >= 0.6 is 0 Å². The highest BCUT2D eigenvalue weighted by atomic mass is 19.4. The molecule has 2 rings (SSSR count). The van der Waals surface area contributed by atoms with Crippen molar-refractivity contribution in [1.29, 1.82) is 0 Å². The Morgan fingerprint density at radius 3 is 2.69 bits per heavy atom. The first-order valence-corrected chi connectivity index (χ1v) is 4.37. The first kappa shape index (κ1) is 10.6. The third-order valence-electron chi connectivity index (χ3n) is 2.05. The van der Waals surface area contributed by atoms with Crippen LogP contribution in [0.3, 0.4) is 0 Å². The number of anilines is 1. The summed E-state index contributed by atoms with van der Waals surface area (Å²) in [5.74, 6) is -0.0354. The van der Waals surface area contributed by atoms with Crippen molar-refractivity contribution in [2.75, 3.05) is 5.73 Å². The molecule has 0 spiro atoms. The Kier molecular flexibility index (Phi) is 2.18. The van der Waals surface area contributed by atoms with Crippen LogP contribution in [-0.2, 0) is 0 Å². The minimum atomic E-state index is -4.71. The molecule has 0 bridgehead atoms. The summed E-state index contributed by atoms with van der Waals surface area (Å²) in [4.78, 5) is 4.05. The molecule has 86 valence electrons. The van der Waals surface area contributed by atoms with Crippen molar-refractivity contribution < 1.29 is 17.9 Å². The second kappa shape index (κ2) is 3.29. The number of aryl methyl sites for hydroxylation is 1. The molecule has 0 aliphatic carbocycles. The molecule has 0 amide bonds. The van der Waals surface area contributed by atoms with E-state index in [4.69, 9.17) is 5.73 Å². The van der Waals surface area contributed by atoms with Gasteiger partial charge in [0.15, 0.2) is 0 Å². The van der Waals surface area contributed by atoms with Crippen LogP contribution in [0.2, 0.25) is 0 Å². The lowest BCUT2D eigenvalue weighted by atomic mass is 10.4. The Morgan fingerprint density at radius 1 is 1.38 bits per heavy atom. The first-order chi connectivity index (χ1) is 7.37. The molecule has 0 fully saturated rings. The number of hydrogen-bond donors (Lipinski definition) is 1. The molecule has 0 saturated carbocycles. The highest BCUT2D eigenvalue weighted by Crippen LogP contribution is 2.24. The monoisotopic (exact) mass is 231 g/mol. The number of imidazole rings is 1. The summed E-state index contributed by atoms with van der Waals surface area (Å²) < 4.78 is 41.0. The van der Waals surface area contributed by atoms with Crippen LogP contribution in [0.1, 0.15) is 5.69 Å². The molecule has 0 atom stereocenters. The Bertz CT molecular complexity index is 533. The van der Waals surface area contributed by atoms with Crippen molar-refractivity contribution >= 4 is 11.5 Å². The summed E-state index contributed by atoms with van der Waals surface area (Å²) in [5, 5.41) is 0. The van der Waals surface area contributed by atoms with Crippen molar-refractivity contribution in [3.8, 4) is 5.75 Å². The SMILES string of the molecule is Cc1nc2ccc(OC(F)(F)F)cn2c1N. The van der Waals surface area contributed by atoms with Crippen LogP contribution in [0.25, 0.3) is 5.65 Å². The molecule has 0 aromatic carbocycles. The third kappa shape index (κ3) is 1.88. The van der Waals surface area contributed by atoms with Gasteiger partial charge in [-0.25, -0.2) is 4.98 Å². The van der Waals surface area contributed by atoms with Crippen molar-refractivity contribution in [3.63, 3.8) is 0 Å². The molecule has 0 aliphatic rings. The Labute approximate surface area is 88.4 Å². The van der Waals surface area contributed by atoms with Gasteiger partial charge in [-0.1, -0.05) is 0 Å². The van der Waals surface area contributed by atoms with Gasteiger partial charge in [-0.2, -0.15) is 0 Å². The van der Waals surface area contributed by atoms with Gasteiger partial charge in [0.05, 0.1) is 11.9 Å². The van der Waals surface area contributed by atoms with Crippen molar-refractivity contribution in [1.82, 2.24) is 9.38 Å². The standard InChI is InChI=1S/C9H8F3N3O/c1-5-8(13)15-4-6(16-9(10,11)12)2-3-7(15)14-5/h2-4H,13H2,1H3. The fraction of sp³-hybridized carbons (Fsp3) is 0.222. The zero-order valence-corrected chi connectivity index (χ0v) is 8.25. The normalized spacial score (nSPS) is 12.0. The average Bonchev–Trinajstić information content (AvgIpc) is 2.42. The Balaban J connectivity index is 2.47. The summed E-state index contributed by atoms with van der Waals surface area (Å²) in [7, 11) is 0. The number of nitrogen functional groups attached to an aromatic ring is 1. The minimum absolute atomic E-state index is 0.294. The van der Waals surface area contributed by atoms with Gasteiger partial charge in [-0.3, -0.25) is 4.40 Å². The lowest BCUT2D eigenvalue weighted by Crippen LogP contribution is -2.17. The van der Waals surface area contributed by atoms with E-state index < -0.39 is 6.36 Å². The van der Waals surface area contributed by atoms with Gasteiger partial charge in [0, 0.05) is 0 Å². The molecular weight excluding hydrogens is 223 g/mol. The van der Waals surface area contributed by atoms with E-state index in [0.29, 0.717) is 17.2 Å². The van der Waals surface area contributed by atoms with Crippen LogP contribution in [-0.4, -0.2) is 15.7 Å². The topological polar surface area (TPSA) is 52.5 Å². The lowest BCUT2D eigenvalue weighted by molar-refractivity contribution is -0.274. The maximum absolute atomic E-state index is 12.0. The van der Waals surface area contributed by atoms with Crippen LogP contribution in [0.5, 0.6) is 5.75 Å². The predicted octanol–water partition coefficient (Wildman–Crippen LogP) is 2.12. The molecular formula is C9H8F3N3O. The van der Waals surface area contributed by atoms with Crippen LogP contribution in [0.4, 0.5) is 19.0 Å². The highest BCUT2D eigenvalue weighted by molar-refractivity contribution is 5.53. The average molecular weight is 231 g/mol. The Hall–Kier alpha value is -1.92. The fourth-order valence-electron chi connectivity index (χ4n) is 1.35. The number of nitrogens with two attached hydrogens (primary N) is 1. The molecule has 0 radical (unpaired) electrons. The molecule has 2 aromatic heterocycles. The summed E-state index contributed by atoms with van der Waals surface area (Å²) in [6, 6.07) is 2.60. The summed E-state index contributed by atoms with van der Waals surface area (Å²) in [5.41, 5.74) is 6.67. The number of ether oxygens (including phenoxy) is 1. The second-order valence-electron chi connectivity index (χ2n) is 3.22. The fourth-order valence-corrected chi connectivity index (χ4v) is 1.35. The third-order valence-corrected chi connectivity index (χ3v) is 2.05. The molecule has 7 heteroatoms. The van der Waals surface area contributed by atoms with Gasteiger partial charge in [0.2, 0.25) is 0 Å². The van der Waals surface area contributed by atoms with Crippen LogP contribution < -0.4 is 10.5 Å². The number of fused-ring (bicyclic) bond motifs is 1. The molecule has 4 nitrogen and oxygen atoms in total. The predicted molar refractivity (Wildman–Crippen MR) is 51.0 cm³/mol. The Morgan fingerprint density at radius 2 is 2.06 bits per heavy atom. The van der Waals surface area contributed by atoms with E-state index in [1.165, 1.54) is 16.5 Å². The van der Waals surface area contributed by atoms with E-state index in [0.717, 1.165) is 6.20 Å². The van der Waals surface area contributed by atoms with Crippen LogP contribution in [0, 0.1) is 6.92 Å². The molecule has 2 N–H and O–H groups in total. The minimum Gasteiger partial charge on any atom is -0.404 e. The maximum atomic E-state index is 12.0. The molecule has 0 aliphatic heterocycles. The van der Waals surface area contributed by atoms with Gasteiger partial charge in [0.25, 0.3) is 0 Å². The maximum Gasteiger partial charge on any atom is 0.573 e. The molecule has 0 unspecified atom stereocenters. The molecule has 0 saturated heterocycles. The summed E-state index contributed by atoms with van der Waals surface area (Å²) in [6.45, 7) is 1.67. The first-order valence-electron chi connectivity index (χ1n) is 4.37. The number of alkyl halides is 3. The molecule has 2 aromatic rings. The number of nitrogens with zero attached hydrogens (tertiary/aromatic N) is 2. The highest BCUT2D eigenvalue weighted by Gasteiger charge is 2.31. The molecule has 2 heterocycles. The number of pyridine rings is 1. The van der Waals surface area contributed by atoms with Gasteiger partial charge in [-0.05, 0) is 19.1 Å². The second-order valence-corrected chi connectivity index (χ2v) is 3.22. The lowest BCUT2D eigenvalue weighted by Gasteiger charge is -2.08. The van der Waals surface area contributed by atoms with Crippen molar-refractivity contribution in [3.05, 3.63) is 24.0 Å². The van der Waals surface area contributed by atoms with Gasteiger partial charge in [-0.15, -0.1) is 13.2 Å². The van der Waals surface area contributed by atoms with Crippen molar-refractivity contribution in [2.24, 2.45) is 0 Å². The van der Waals surface area contributed by atoms with E-state index in [2.05, 4.69) is 9.72 Å². The number of rotatable bonds is 1. The number of hydrogen-bond acceptors (Lipinski definition) is 3. The smallest absolute Gasteiger partial charge is 0.404 e. The number of aromatic nitrogens is 2. The number of halogens is 3. The van der Waals surface area contributed by atoms with Gasteiger partial charge < -0.3 is 10.5 Å². The van der Waals surface area contributed by atoms with Gasteiger partial charge >= 0.3 is 6.36 Å². The zero-order chi connectivity index (χ0) is 11.9. The van der Waals surface area contributed by atoms with E-state index in [1.54, 1.807) is 6.92 Å². The molecule has 16 heavy (non-hydrogen) atoms. The summed E-state index contributed by atoms with van der Waals surface area (Å²) >= 11 is 0. The van der Waals surface area contributed by atoms with E-state index >= 15 is 0 Å². The largest absolute Gasteiger partial charge is 0.573 e. The van der Waals surface area contributed by atoms with E-state index in [9.17, 15) is 13.2 Å².